The van der Waals surface area contributed by atoms with Crippen LogP contribution in [0.25, 0.3) is 0 Å². The van der Waals surface area contributed by atoms with Gasteiger partial charge in [-0.2, -0.15) is 5.10 Å². The van der Waals surface area contributed by atoms with Gasteiger partial charge in [0, 0.05) is 19.3 Å². The second-order valence-corrected chi connectivity index (χ2v) is 4.57. The van der Waals surface area contributed by atoms with Crippen molar-refractivity contribution >= 4 is 11.8 Å². The van der Waals surface area contributed by atoms with Gasteiger partial charge in [0.05, 0.1) is 0 Å². The third-order valence-electron chi connectivity index (χ3n) is 3.32. The SMILES string of the molecule is O=C1NCCN(C(=O)c2ccn[nH]2)[C@H]1c1ccccc1. The van der Waals surface area contributed by atoms with Crippen molar-refractivity contribution in [2.75, 3.05) is 13.1 Å². The number of aromatic nitrogens is 2. The fraction of sp³-hybridized carbons (Fsp3) is 0.214. The quantitative estimate of drug-likeness (QED) is 0.844. The first kappa shape index (κ1) is 12.4. The molecule has 0 radical (unpaired) electrons. The fourth-order valence-corrected chi connectivity index (χ4v) is 2.38. The van der Waals surface area contributed by atoms with Crippen LogP contribution in [0.3, 0.4) is 0 Å². The van der Waals surface area contributed by atoms with Crippen LogP contribution in [-0.4, -0.2) is 40.0 Å². The summed E-state index contributed by atoms with van der Waals surface area (Å²) in [4.78, 5) is 26.2. The molecule has 1 saturated heterocycles. The molecule has 6 heteroatoms. The van der Waals surface area contributed by atoms with Crippen LogP contribution in [0.2, 0.25) is 0 Å². The Balaban J connectivity index is 1.95. The first-order chi connectivity index (χ1) is 9.77. The van der Waals surface area contributed by atoms with Gasteiger partial charge in [-0.15, -0.1) is 0 Å². The number of H-pyrrole nitrogens is 1. The van der Waals surface area contributed by atoms with Gasteiger partial charge in [0.15, 0.2) is 0 Å². The van der Waals surface area contributed by atoms with E-state index in [0.717, 1.165) is 5.56 Å². The molecule has 1 aliphatic rings. The molecular weight excluding hydrogens is 256 g/mol. The monoisotopic (exact) mass is 270 g/mol. The fourth-order valence-electron chi connectivity index (χ4n) is 2.38. The highest BCUT2D eigenvalue weighted by atomic mass is 16.2. The Hall–Kier alpha value is -2.63. The number of carbonyl (C=O) groups excluding carboxylic acids is 2. The molecule has 2 N–H and O–H groups in total. The minimum atomic E-state index is -0.597. The molecule has 1 aliphatic heterocycles. The van der Waals surface area contributed by atoms with Crippen molar-refractivity contribution in [2.45, 2.75) is 6.04 Å². The van der Waals surface area contributed by atoms with E-state index in [2.05, 4.69) is 15.5 Å². The molecule has 3 rings (SSSR count). The lowest BCUT2D eigenvalue weighted by atomic mass is 10.0. The Bertz CT molecular complexity index is 609. The Morgan fingerprint density at radius 3 is 2.75 bits per heavy atom. The zero-order valence-corrected chi connectivity index (χ0v) is 10.7. The van der Waals surface area contributed by atoms with Crippen molar-refractivity contribution in [1.82, 2.24) is 20.4 Å². The van der Waals surface area contributed by atoms with Gasteiger partial charge in [0.25, 0.3) is 5.91 Å². The molecule has 1 fully saturated rings. The number of hydrogen-bond donors (Lipinski definition) is 2. The lowest BCUT2D eigenvalue weighted by molar-refractivity contribution is -0.128. The van der Waals surface area contributed by atoms with E-state index in [1.807, 2.05) is 30.3 Å². The molecule has 1 aromatic heterocycles. The minimum absolute atomic E-state index is 0.157. The number of nitrogens with one attached hydrogen (secondary N) is 2. The number of carbonyl (C=O) groups is 2. The van der Waals surface area contributed by atoms with Crippen molar-refractivity contribution in [1.29, 1.82) is 0 Å². The van der Waals surface area contributed by atoms with E-state index < -0.39 is 6.04 Å². The Morgan fingerprint density at radius 2 is 2.05 bits per heavy atom. The summed E-state index contributed by atoms with van der Waals surface area (Å²) >= 11 is 0. The zero-order chi connectivity index (χ0) is 13.9. The van der Waals surface area contributed by atoms with Crippen molar-refractivity contribution in [3.8, 4) is 0 Å². The summed E-state index contributed by atoms with van der Waals surface area (Å²) < 4.78 is 0. The molecule has 0 bridgehead atoms. The average Bonchev–Trinajstić information content (AvgIpc) is 3.01. The number of amides is 2. The zero-order valence-electron chi connectivity index (χ0n) is 10.7. The Labute approximate surface area is 115 Å². The molecule has 102 valence electrons. The van der Waals surface area contributed by atoms with E-state index in [4.69, 9.17) is 0 Å². The van der Waals surface area contributed by atoms with Crippen molar-refractivity contribution in [2.24, 2.45) is 0 Å². The summed E-state index contributed by atoms with van der Waals surface area (Å²) in [6.45, 7) is 0.936. The van der Waals surface area contributed by atoms with Crippen molar-refractivity contribution < 1.29 is 9.59 Å². The largest absolute Gasteiger partial charge is 0.352 e. The van der Waals surface area contributed by atoms with Crippen molar-refractivity contribution in [3.63, 3.8) is 0 Å². The van der Waals surface area contributed by atoms with Crippen LogP contribution in [0, 0.1) is 0 Å². The third kappa shape index (κ3) is 2.16. The maximum absolute atomic E-state index is 12.5. The minimum Gasteiger partial charge on any atom is -0.352 e. The van der Waals surface area contributed by atoms with Gasteiger partial charge in [-0.25, -0.2) is 0 Å². The third-order valence-corrected chi connectivity index (χ3v) is 3.32. The molecule has 6 nitrogen and oxygen atoms in total. The molecule has 1 atom stereocenters. The van der Waals surface area contributed by atoms with Gasteiger partial charge in [0.1, 0.15) is 11.7 Å². The van der Waals surface area contributed by atoms with Crippen molar-refractivity contribution in [3.05, 3.63) is 53.9 Å². The molecule has 1 aromatic carbocycles. The number of nitrogens with zero attached hydrogens (tertiary/aromatic N) is 2. The lowest BCUT2D eigenvalue weighted by Gasteiger charge is -2.35. The molecule has 0 saturated carbocycles. The van der Waals surface area contributed by atoms with Crippen LogP contribution in [-0.2, 0) is 4.79 Å². The van der Waals surface area contributed by atoms with Crippen LogP contribution in [0.5, 0.6) is 0 Å². The molecule has 2 heterocycles. The highest BCUT2D eigenvalue weighted by molar-refractivity contribution is 5.97. The van der Waals surface area contributed by atoms with E-state index in [1.165, 1.54) is 6.20 Å². The number of aromatic amines is 1. The lowest BCUT2D eigenvalue weighted by Crippen LogP contribution is -2.52. The summed E-state index contributed by atoms with van der Waals surface area (Å²) in [7, 11) is 0. The topological polar surface area (TPSA) is 78.1 Å². The Kier molecular flexibility index (Phi) is 3.20. The van der Waals surface area contributed by atoms with Crippen LogP contribution in [0.15, 0.2) is 42.6 Å². The summed E-state index contributed by atoms with van der Waals surface area (Å²) in [5.74, 6) is -0.374. The van der Waals surface area contributed by atoms with E-state index >= 15 is 0 Å². The normalized spacial score (nSPS) is 18.7. The smallest absolute Gasteiger partial charge is 0.272 e. The molecule has 20 heavy (non-hydrogen) atoms. The molecule has 0 aliphatic carbocycles. The molecule has 0 unspecified atom stereocenters. The van der Waals surface area contributed by atoms with E-state index in [0.29, 0.717) is 18.8 Å². The summed E-state index contributed by atoms with van der Waals surface area (Å²) in [5, 5.41) is 9.23. The highest BCUT2D eigenvalue weighted by Crippen LogP contribution is 2.24. The van der Waals surface area contributed by atoms with Gasteiger partial charge in [0.2, 0.25) is 5.91 Å². The summed E-state index contributed by atoms with van der Waals surface area (Å²) in [6, 6.07) is 10.3. The van der Waals surface area contributed by atoms with Gasteiger partial charge >= 0.3 is 0 Å². The molecular formula is C14H14N4O2. The van der Waals surface area contributed by atoms with Crippen LogP contribution < -0.4 is 5.32 Å². The first-order valence-electron chi connectivity index (χ1n) is 6.40. The van der Waals surface area contributed by atoms with Gasteiger partial charge in [-0.1, -0.05) is 30.3 Å². The Morgan fingerprint density at radius 1 is 1.25 bits per heavy atom. The molecule has 2 amide bonds. The number of piperazine rings is 1. The van der Waals surface area contributed by atoms with Crippen LogP contribution in [0.1, 0.15) is 22.1 Å². The van der Waals surface area contributed by atoms with E-state index in [9.17, 15) is 9.59 Å². The van der Waals surface area contributed by atoms with Gasteiger partial charge in [-0.3, -0.25) is 14.7 Å². The van der Waals surface area contributed by atoms with Crippen LogP contribution in [0.4, 0.5) is 0 Å². The number of rotatable bonds is 2. The highest BCUT2D eigenvalue weighted by Gasteiger charge is 2.34. The number of hydrogen-bond acceptors (Lipinski definition) is 3. The molecule has 2 aromatic rings. The summed E-state index contributed by atoms with van der Waals surface area (Å²) in [6.07, 6.45) is 1.52. The predicted molar refractivity (Wildman–Crippen MR) is 71.8 cm³/mol. The van der Waals surface area contributed by atoms with Crippen LogP contribution >= 0.6 is 0 Å². The first-order valence-corrected chi connectivity index (χ1v) is 6.40. The van der Waals surface area contributed by atoms with E-state index in [-0.39, 0.29) is 11.8 Å². The van der Waals surface area contributed by atoms with Gasteiger partial charge in [-0.05, 0) is 11.6 Å². The maximum atomic E-state index is 12.5. The molecule has 0 spiro atoms. The maximum Gasteiger partial charge on any atom is 0.272 e. The second kappa shape index (κ2) is 5.16. The second-order valence-electron chi connectivity index (χ2n) is 4.57. The van der Waals surface area contributed by atoms with E-state index in [1.54, 1.807) is 11.0 Å². The van der Waals surface area contributed by atoms with Gasteiger partial charge < -0.3 is 10.2 Å². The standard InChI is InChI=1S/C14H14N4O2/c19-13-12(10-4-2-1-3-5-10)18(9-8-15-13)14(20)11-6-7-16-17-11/h1-7,12H,8-9H2,(H,15,19)(H,16,17)/t12-/m0/s1. The predicted octanol–water partition coefficient (Wildman–Crippen LogP) is 0.723. The number of benzene rings is 1. The average molecular weight is 270 g/mol. The summed E-state index contributed by atoms with van der Waals surface area (Å²) in [5.41, 5.74) is 1.19.